The minimum atomic E-state index is -7.18. The molecule has 14 heteroatoms. The number of alkyl halides is 12. The van der Waals surface area contributed by atoms with Gasteiger partial charge in [0.15, 0.2) is 0 Å². The molecule has 0 aromatic heterocycles. The molecule has 0 saturated heterocycles. The van der Waals surface area contributed by atoms with Crippen molar-refractivity contribution >= 4 is 0 Å². The number of rotatable bonds is 3. The summed E-state index contributed by atoms with van der Waals surface area (Å²) in [4.78, 5) is -3.86. The molecule has 20 heavy (non-hydrogen) atoms. The van der Waals surface area contributed by atoms with Crippen LogP contribution in [0.3, 0.4) is 0 Å². The van der Waals surface area contributed by atoms with Gasteiger partial charge in [0.1, 0.15) is 0 Å². The van der Waals surface area contributed by atoms with E-state index in [0.29, 0.717) is 0 Å². The van der Waals surface area contributed by atoms with Crippen molar-refractivity contribution in [2.75, 3.05) is 6.61 Å². The van der Waals surface area contributed by atoms with E-state index in [4.69, 9.17) is 5.11 Å². The third-order valence-corrected chi connectivity index (χ3v) is 1.93. The van der Waals surface area contributed by atoms with Crippen molar-refractivity contribution < 1.29 is 57.8 Å². The van der Waals surface area contributed by atoms with E-state index in [9.17, 15) is 52.7 Å². The molecule has 2 nitrogen and oxygen atoms in total. The molecule has 0 rings (SSSR count). The van der Waals surface area contributed by atoms with E-state index in [1.165, 1.54) is 0 Å². The van der Waals surface area contributed by atoms with Crippen LogP contribution in [0, 0.1) is 0 Å². The average molecular weight is 333 g/mol. The van der Waals surface area contributed by atoms with Gasteiger partial charge in [0.05, 0.1) is 6.61 Å². The van der Waals surface area contributed by atoms with Gasteiger partial charge >= 0.3 is 30.5 Å². The summed E-state index contributed by atoms with van der Waals surface area (Å²) in [6.45, 7) is -3.35. The first-order valence-corrected chi connectivity index (χ1v) is 4.11. The van der Waals surface area contributed by atoms with Crippen LogP contribution in [-0.4, -0.2) is 47.1 Å². The van der Waals surface area contributed by atoms with E-state index in [1.54, 1.807) is 0 Å². The van der Waals surface area contributed by atoms with Gasteiger partial charge < -0.3 is 5.11 Å². The number of nitrogens with zero attached hydrogens (tertiary/aromatic N) is 1. The van der Waals surface area contributed by atoms with Gasteiger partial charge in [0, 0.05) is 0 Å². The molecule has 1 atom stereocenters. The molecule has 0 radical (unpaired) electrons. The van der Waals surface area contributed by atoms with Crippen LogP contribution < -0.4 is 0 Å². The Labute approximate surface area is 101 Å². The SMILES string of the molecule is OCC(F)(C(F)(F)F)C(F)(F)N(C(F)(F)F)C(F)(F)F. The Kier molecular flexibility index (Phi) is 4.60. The fraction of sp³-hybridized carbons (Fsp3) is 1.00. The number of hydrogen-bond donors (Lipinski definition) is 1. The van der Waals surface area contributed by atoms with Crippen LogP contribution in [0.4, 0.5) is 52.7 Å². The Bertz CT molecular complexity index is 327. The molecule has 0 bridgehead atoms. The van der Waals surface area contributed by atoms with Crippen molar-refractivity contribution in [3.63, 3.8) is 0 Å². The quantitative estimate of drug-likeness (QED) is 0.633. The molecule has 0 spiro atoms. The zero-order valence-electron chi connectivity index (χ0n) is 8.64. The van der Waals surface area contributed by atoms with Crippen molar-refractivity contribution in [2.24, 2.45) is 0 Å². The Balaban J connectivity index is 6.15. The van der Waals surface area contributed by atoms with Gasteiger partial charge in [-0.05, 0) is 0 Å². The molecular weight excluding hydrogens is 330 g/mol. The molecule has 1 unspecified atom stereocenters. The first kappa shape index (κ1) is 19.1. The van der Waals surface area contributed by atoms with E-state index < -0.39 is 42.0 Å². The fourth-order valence-corrected chi connectivity index (χ4v) is 0.995. The smallest absolute Gasteiger partial charge is 0.392 e. The summed E-state index contributed by atoms with van der Waals surface area (Å²) in [6, 6.07) is -7.18. The van der Waals surface area contributed by atoms with Crippen LogP contribution in [0.2, 0.25) is 0 Å². The number of halogens is 12. The molecule has 122 valence electrons. The maximum absolute atomic E-state index is 12.9. The standard InChI is InChI=1S/C6H3F12NO/c7-2(1-20,3(8,9)10)4(11,12)19(5(13,14)15)6(16,17)18/h20H,1H2. The average Bonchev–Trinajstić information content (AvgIpc) is 2.08. The second-order valence-electron chi connectivity index (χ2n) is 3.27. The van der Waals surface area contributed by atoms with Gasteiger partial charge in [-0.25, -0.2) is 4.39 Å². The lowest BCUT2D eigenvalue weighted by atomic mass is 10.0. The fourth-order valence-electron chi connectivity index (χ4n) is 0.995. The first-order valence-electron chi connectivity index (χ1n) is 4.11. The number of aliphatic hydroxyl groups is 1. The topological polar surface area (TPSA) is 23.5 Å². The second-order valence-corrected chi connectivity index (χ2v) is 3.27. The predicted octanol–water partition coefficient (Wildman–Crippen LogP) is 3.18. The molecule has 0 aliphatic rings. The van der Waals surface area contributed by atoms with Crippen molar-refractivity contribution in [1.82, 2.24) is 4.90 Å². The van der Waals surface area contributed by atoms with Gasteiger partial charge in [-0.1, -0.05) is 4.90 Å². The van der Waals surface area contributed by atoms with Crippen molar-refractivity contribution in [1.29, 1.82) is 0 Å². The lowest BCUT2D eigenvalue weighted by Gasteiger charge is -2.40. The Morgan fingerprint density at radius 3 is 1.10 bits per heavy atom. The van der Waals surface area contributed by atoms with Crippen LogP contribution >= 0.6 is 0 Å². The van der Waals surface area contributed by atoms with Crippen LogP contribution in [0.15, 0.2) is 0 Å². The molecule has 0 aromatic rings. The van der Waals surface area contributed by atoms with Crippen LogP contribution in [-0.2, 0) is 0 Å². The third-order valence-electron chi connectivity index (χ3n) is 1.93. The van der Waals surface area contributed by atoms with Crippen LogP contribution in [0.25, 0.3) is 0 Å². The zero-order valence-corrected chi connectivity index (χ0v) is 8.64. The Morgan fingerprint density at radius 2 is 0.950 bits per heavy atom. The highest BCUT2D eigenvalue weighted by Gasteiger charge is 2.81. The van der Waals surface area contributed by atoms with Crippen molar-refractivity contribution in [2.45, 2.75) is 30.5 Å². The van der Waals surface area contributed by atoms with Gasteiger partial charge in [-0.15, -0.1) is 0 Å². The number of aliphatic hydroxyl groups excluding tert-OH is 1. The lowest BCUT2D eigenvalue weighted by molar-refractivity contribution is -0.476. The maximum Gasteiger partial charge on any atom is 0.472 e. The highest BCUT2D eigenvalue weighted by atomic mass is 19.4. The van der Waals surface area contributed by atoms with E-state index in [2.05, 4.69) is 0 Å². The van der Waals surface area contributed by atoms with Gasteiger partial charge in [-0.2, -0.15) is 48.3 Å². The van der Waals surface area contributed by atoms with Crippen LogP contribution in [0.5, 0.6) is 0 Å². The largest absolute Gasteiger partial charge is 0.472 e. The molecular formula is C6H3F12NO. The van der Waals surface area contributed by atoms with Crippen molar-refractivity contribution in [3.8, 4) is 0 Å². The minimum Gasteiger partial charge on any atom is -0.392 e. The molecule has 0 amide bonds. The molecule has 1 N–H and O–H groups in total. The van der Waals surface area contributed by atoms with E-state index in [-0.39, 0.29) is 0 Å². The molecule has 0 aromatic carbocycles. The minimum absolute atomic E-state index is 3.35. The van der Waals surface area contributed by atoms with Gasteiger partial charge in [0.25, 0.3) is 0 Å². The highest BCUT2D eigenvalue weighted by Crippen LogP contribution is 2.52. The summed E-state index contributed by atoms with van der Waals surface area (Å²) in [7, 11) is 0. The molecule has 0 heterocycles. The van der Waals surface area contributed by atoms with Gasteiger partial charge in [0.2, 0.25) is 0 Å². The monoisotopic (exact) mass is 333 g/mol. The second kappa shape index (κ2) is 4.82. The summed E-state index contributed by atoms with van der Waals surface area (Å²) in [5.74, 6) is 0. The predicted molar refractivity (Wildman–Crippen MR) is 35.9 cm³/mol. The molecule has 0 aliphatic heterocycles. The summed E-state index contributed by atoms with van der Waals surface area (Å²) in [5.41, 5.74) is -6.48. The van der Waals surface area contributed by atoms with Gasteiger partial charge in [-0.3, -0.25) is 0 Å². The number of hydrogen-bond acceptors (Lipinski definition) is 2. The van der Waals surface area contributed by atoms with E-state index in [1.807, 2.05) is 0 Å². The summed E-state index contributed by atoms with van der Waals surface area (Å²) >= 11 is 0. The van der Waals surface area contributed by atoms with E-state index in [0.717, 1.165) is 0 Å². The summed E-state index contributed by atoms with van der Waals surface area (Å²) in [5, 5.41) is 7.90. The highest BCUT2D eigenvalue weighted by molar-refractivity contribution is 5.00. The first-order chi connectivity index (χ1) is 8.43. The van der Waals surface area contributed by atoms with Crippen LogP contribution in [0.1, 0.15) is 0 Å². The molecule has 0 aliphatic carbocycles. The summed E-state index contributed by atoms with van der Waals surface area (Å²) < 4.78 is 146. The Hall–Kier alpha value is -0.920. The zero-order chi connectivity index (χ0) is 16.8. The van der Waals surface area contributed by atoms with Crippen molar-refractivity contribution in [3.05, 3.63) is 0 Å². The molecule has 0 saturated carbocycles. The molecule has 0 fully saturated rings. The normalized spacial score (nSPS) is 18.3. The Morgan fingerprint density at radius 1 is 0.650 bits per heavy atom. The maximum atomic E-state index is 12.9. The third kappa shape index (κ3) is 3.05. The summed E-state index contributed by atoms with van der Waals surface area (Å²) in [6.07, 6.45) is -21.1. The lowest BCUT2D eigenvalue weighted by Crippen LogP contribution is -2.71. The van der Waals surface area contributed by atoms with E-state index >= 15 is 0 Å².